The zero-order chi connectivity index (χ0) is 16.9. The van der Waals surface area contributed by atoms with Crippen LogP contribution in [0.25, 0.3) is 0 Å². The van der Waals surface area contributed by atoms with E-state index in [0.717, 1.165) is 6.07 Å². The Bertz CT molecular complexity index is 792. The largest absolute Gasteiger partial charge is 0.351 e. The fraction of sp³-hybridized carbons (Fsp3) is 0.188. The van der Waals surface area contributed by atoms with Gasteiger partial charge in [0, 0.05) is 12.1 Å². The number of amides is 1. The smallest absolute Gasteiger partial charge is 0.251 e. The predicted octanol–water partition coefficient (Wildman–Crippen LogP) is 2.31. The number of anilines is 1. The van der Waals surface area contributed by atoms with Crippen LogP contribution in [0.5, 0.6) is 0 Å². The van der Waals surface area contributed by atoms with Gasteiger partial charge in [0.05, 0.1) is 11.4 Å². The lowest BCUT2D eigenvalue weighted by molar-refractivity contribution is 0.0956. The maximum atomic E-state index is 13.4. The van der Waals surface area contributed by atoms with E-state index in [4.69, 9.17) is 0 Å². The van der Waals surface area contributed by atoms with Gasteiger partial charge >= 0.3 is 0 Å². The zero-order valence-corrected chi connectivity index (χ0v) is 13.4. The third kappa shape index (κ3) is 5.07. The normalized spacial score (nSPS) is 11.0. The number of hydrogen-bond donors (Lipinski definition) is 2. The summed E-state index contributed by atoms with van der Waals surface area (Å²) in [5.41, 5.74) is 1.05. The average molecular weight is 336 g/mol. The van der Waals surface area contributed by atoms with Gasteiger partial charge < -0.3 is 5.32 Å². The number of halogens is 1. The molecule has 2 rings (SSSR count). The molecule has 23 heavy (non-hydrogen) atoms. The second kappa shape index (κ2) is 7.23. The third-order valence-electron chi connectivity index (χ3n) is 3.14. The molecule has 7 heteroatoms. The molecule has 0 bridgehead atoms. The average Bonchev–Trinajstić information content (AvgIpc) is 2.51. The van der Waals surface area contributed by atoms with Gasteiger partial charge in [-0.05, 0) is 36.8 Å². The van der Waals surface area contributed by atoms with E-state index in [-0.39, 0.29) is 23.9 Å². The van der Waals surface area contributed by atoms with Crippen molar-refractivity contribution in [1.82, 2.24) is 5.32 Å². The molecule has 0 radical (unpaired) electrons. The molecule has 2 aromatic carbocycles. The van der Waals surface area contributed by atoms with Crippen molar-refractivity contribution >= 4 is 21.6 Å². The Morgan fingerprint density at radius 1 is 1.13 bits per heavy atom. The van der Waals surface area contributed by atoms with Crippen LogP contribution in [0, 0.1) is 12.7 Å². The SMILES string of the molecule is Cc1ccc(NS(=O)(=O)CCNC(=O)c2ccccc2)cc1F. The third-order valence-corrected chi connectivity index (χ3v) is 4.43. The first-order chi connectivity index (χ1) is 10.9. The summed E-state index contributed by atoms with van der Waals surface area (Å²) in [6.45, 7) is 1.55. The number of benzene rings is 2. The molecular weight excluding hydrogens is 319 g/mol. The van der Waals surface area contributed by atoms with E-state index >= 15 is 0 Å². The molecule has 0 atom stereocenters. The van der Waals surface area contributed by atoms with Gasteiger partial charge in [-0.25, -0.2) is 12.8 Å². The van der Waals surface area contributed by atoms with E-state index in [1.54, 1.807) is 37.3 Å². The molecule has 5 nitrogen and oxygen atoms in total. The van der Waals surface area contributed by atoms with Gasteiger partial charge in [-0.1, -0.05) is 24.3 Å². The minimum atomic E-state index is -3.67. The number of carbonyl (C=O) groups excluding carboxylic acids is 1. The second-order valence-corrected chi connectivity index (χ2v) is 6.85. The maximum Gasteiger partial charge on any atom is 0.251 e. The maximum absolute atomic E-state index is 13.4. The van der Waals surface area contributed by atoms with Crippen LogP contribution in [0.15, 0.2) is 48.5 Å². The van der Waals surface area contributed by atoms with Gasteiger partial charge in [-0.2, -0.15) is 0 Å². The van der Waals surface area contributed by atoms with Crippen molar-refractivity contribution in [3.05, 3.63) is 65.5 Å². The van der Waals surface area contributed by atoms with Crippen molar-refractivity contribution in [3.63, 3.8) is 0 Å². The molecule has 122 valence electrons. The van der Waals surface area contributed by atoms with Crippen LogP contribution >= 0.6 is 0 Å². The number of hydrogen-bond acceptors (Lipinski definition) is 3. The standard InChI is InChI=1S/C16H17FN2O3S/c1-12-7-8-14(11-15(12)17)19-23(21,22)10-9-18-16(20)13-5-3-2-4-6-13/h2-8,11,19H,9-10H2,1H3,(H,18,20). The van der Waals surface area contributed by atoms with E-state index in [0.29, 0.717) is 11.1 Å². The highest BCUT2D eigenvalue weighted by Gasteiger charge is 2.12. The lowest BCUT2D eigenvalue weighted by Crippen LogP contribution is -2.31. The Morgan fingerprint density at radius 3 is 2.48 bits per heavy atom. The topological polar surface area (TPSA) is 75.3 Å². The molecule has 2 N–H and O–H groups in total. The summed E-state index contributed by atoms with van der Waals surface area (Å²) in [4.78, 5) is 11.8. The lowest BCUT2D eigenvalue weighted by atomic mass is 10.2. The number of aryl methyl sites for hydroxylation is 1. The quantitative estimate of drug-likeness (QED) is 0.850. The summed E-state index contributed by atoms with van der Waals surface area (Å²) in [6, 6.07) is 12.6. The fourth-order valence-electron chi connectivity index (χ4n) is 1.88. The van der Waals surface area contributed by atoms with Crippen molar-refractivity contribution < 1.29 is 17.6 Å². The van der Waals surface area contributed by atoms with E-state index in [9.17, 15) is 17.6 Å². The second-order valence-electron chi connectivity index (χ2n) is 5.01. The van der Waals surface area contributed by atoms with Crippen molar-refractivity contribution in [2.75, 3.05) is 17.0 Å². The molecule has 0 aliphatic carbocycles. The molecule has 2 aromatic rings. The number of sulfonamides is 1. The Hall–Kier alpha value is -2.41. The fourth-order valence-corrected chi connectivity index (χ4v) is 2.84. The lowest BCUT2D eigenvalue weighted by Gasteiger charge is -2.09. The van der Waals surface area contributed by atoms with Crippen LogP contribution in [0.3, 0.4) is 0 Å². The van der Waals surface area contributed by atoms with Gasteiger partial charge in [-0.15, -0.1) is 0 Å². The van der Waals surface area contributed by atoms with Crippen LogP contribution in [-0.2, 0) is 10.0 Å². The summed E-state index contributed by atoms with van der Waals surface area (Å²) in [7, 11) is -3.67. The summed E-state index contributed by atoms with van der Waals surface area (Å²) in [5.74, 6) is -1.13. The van der Waals surface area contributed by atoms with Gasteiger partial charge in [0.2, 0.25) is 10.0 Å². The van der Waals surface area contributed by atoms with Crippen molar-refractivity contribution in [2.24, 2.45) is 0 Å². The first-order valence-corrected chi connectivity index (χ1v) is 8.62. The molecule has 0 fully saturated rings. The number of carbonyl (C=O) groups is 1. The molecule has 0 saturated heterocycles. The monoisotopic (exact) mass is 336 g/mol. The number of rotatable bonds is 6. The molecule has 0 saturated carbocycles. The van der Waals surface area contributed by atoms with Crippen molar-refractivity contribution in [1.29, 1.82) is 0 Å². The zero-order valence-electron chi connectivity index (χ0n) is 12.5. The molecule has 0 spiro atoms. The molecule has 0 unspecified atom stereocenters. The minimum Gasteiger partial charge on any atom is -0.351 e. The van der Waals surface area contributed by atoms with E-state index in [1.165, 1.54) is 12.1 Å². The summed E-state index contributed by atoms with van der Waals surface area (Å²) in [5, 5.41) is 2.53. The Morgan fingerprint density at radius 2 is 1.83 bits per heavy atom. The Labute approximate surface area is 134 Å². The number of nitrogens with one attached hydrogen (secondary N) is 2. The van der Waals surface area contributed by atoms with Crippen LogP contribution in [0.1, 0.15) is 15.9 Å². The molecular formula is C16H17FN2O3S. The van der Waals surface area contributed by atoms with Crippen molar-refractivity contribution in [3.8, 4) is 0 Å². The Kier molecular flexibility index (Phi) is 5.33. The van der Waals surface area contributed by atoms with Crippen LogP contribution in [-0.4, -0.2) is 26.6 Å². The highest BCUT2D eigenvalue weighted by molar-refractivity contribution is 7.92. The molecule has 0 aliphatic heterocycles. The van der Waals surface area contributed by atoms with Gasteiger partial charge in [-0.3, -0.25) is 9.52 Å². The first-order valence-electron chi connectivity index (χ1n) is 6.97. The minimum absolute atomic E-state index is 0.0442. The summed E-state index contributed by atoms with van der Waals surface area (Å²) < 4.78 is 39.5. The van der Waals surface area contributed by atoms with Crippen LogP contribution < -0.4 is 10.0 Å². The van der Waals surface area contributed by atoms with E-state index in [1.807, 2.05) is 0 Å². The van der Waals surface area contributed by atoms with Gasteiger partial charge in [0.1, 0.15) is 5.82 Å². The van der Waals surface area contributed by atoms with Crippen molar-refractivity contribution in [2.45, 2.75) is 6.92 Å². The summed E-state index contributed by atoms with van der Waals surface area (Å²) >= 11 is 0. The van der Waals surface area contributed by atoms with Gasteiger partial charge in [0.15, 0.2) is 0 Å². The highest BCUT2D eigenvalue weighted by atomic mass is 32.2. The first kappa shape index (κ1) is 17.0. The molecule has 0 heterocycles. The van der Waals surface area contributed by atoms with Crippen LogP contribution in [0.4, 0.5) is 10.1 Å². The summed E-state index contributed by atoms with van der Waals surface area (Å²) in [6.07, 6.45) is 0. The molecule has 1 amide bonds. The van der Waals surface area contributed by atoms with E-state index < -0.39 is 15.8 Å². The highest BCUT2D eigenvalue weighted by Crippen LogP contribution is 2.14. The van der Waals surface area contributed by atoms with E-state index in [2.05, 4.69) is 10.0 Å². The molecule has 0 aromatic heterocycles. The predicted molar refractivity (Wildman–Crippen MR) is 87.3 cm³/mol. The Balaban J connectivity index is 1.89. The molecule has 0 aliphatic rings. The van der Waals surface area contributed by atoms with Gasteiger partial charge in [0.25, 0.3) is 5.91 Å². The van der Waals surface area contributed by atoms with Crippen LogP contribution in [0.2, 0.25) is 0 Å².